The molecule has 6 heteroatoms. The molecule has 0 fully saturated rings. The standard InChI is InChI=1S/C18H21FN2O3/c1-14-4-2-6-16(12-14)23-10-8-20-18(22)21-9-11-24-17-7-3-5-15(19)13-17/h2-7,12-13H,8-11H2,1H3,(H2,20,21,22). The van der Waals surface area contributed by atoms with Gasteiger partial charge in [-0.1, -0.05) is 18.2 Å². The summed E-state index contributed by atoms with van der Waals surface area (Å²) in [5.41, 5.74) is 1.12. The van der Waals surface area contributed by atoms with Crippen molar-refractivity contribution in [2.45, 2.75) is 6.92 Å². The smallest absolute Gasteiger partial charge is 0.315 e. The Morgan fingerprint density at radius 3 is 2.12 bits per heavy atom. The van der Waals surface area contributed by atoms with E-state index >= 15 is 0 Å². The first-order valence-corrected chi connectivity index (χ1v) is 7.73. The van der Waals surface area contributed by atoms with Crippen LogP contribution in [0.4, 0.5) is 9.18 Å². The molecule has 0 radical (unpaired) electrons. The average Bonchev–Trinajstić information content (AvgIpc) is 2.56. The minimum Gasteiger partial charge on any atom is -0.492 e. The van der Waals surface area contributed by atoms with Gasteiger partial charge in [-0.25, -0.2) is 9.18 Å². The SMILES string of the molecule is Cc1cccc(OCCNC(=O)NCCOc2cccc(F)c2)c1. The topological polar surface area (TPSA) is 59.6 Å². The molecule has 0 aliphatic carbocycles. The van der Waals surface area contributed by atoms with Gasteiger partial charge in [0.25, 0.3) is 0 Å². The van der Waals surface area contributed by atoms with Crippen molar-refractivity contribution < 1.29 is 18.7 Å². The maximum absolute atomic E-state index is 13.0. The Bertz CT molecular complexity index is 609. The molecule has 0 unspecified atom stereocenters. The van der Waals surface area contributed by atoms with Gasteiger partial charge in [0.1, 0.15) is 30.5 Å². The molecule has 0 aromatic heterocycles. The highest BCUT2D eigenvalue weighted by Gasteiger charge is 2.00. The Labute approximate surface area is 140 Å². The first-order valence-electron chi connectivity index (χ1n) is 7.73. The molecule has 0 atom stereocenters. The Morgan fingerprint density at radius 1 is 0.958 bits per heavy atom. The fourth-order valence-corrected chi connectivity index (χ4v) is 1.99. The number of aryl methyl sites for hydroxylation is 1. The van der Waals surface area contributed by atoms with Gasteiger partial charge in [0.05, 0.1) is 13.1 Å². The third-order valence-corrected chi connectivity index (χ3v) is 3.10. The lowest BCUT2D eigenvalue weighted by Crippen LogP contribution is -2.39. The maximum Gasteiger partial charge on any atom is 0.315 e. The largest absolute Gasteiger partial charge is 0.492 e. The predicted octanol–water partition coefficient (Wildman–Crippen LogP) is 2.89. The average molecular weight is 332 g/mol. The van der Waals surface area contributed by atoms with Gasteiger partial charge >= 0.3 is 6.03 Å². The van der Waals surface area contributed by atoms with Crippen molar-refractivity contribution in [3.05, 3.63) is 59.9 Å². The Morgan fingerprint density at radius 2 is 1.54 bits per heavy atom. The van der Waals surface area contributed by atoms with Crippen LogP contribution in [0.1, 0.15) is 5.56 Å². The molecule has 0 aliphatic rings. The van der Waals surface area contributed by atoms with Gasteiger partial charge < -0.3 is 20.1 Å². The molecule has 2 amide bonds. The molecule has 0 bridgehead atoms. The third-order valence-electron chi connectivity index (χ3n) is 3.10. The second-order valence-electron chi connectivity index (χ2n) is 5.15. The van der Waals surface area contributed by atoms with Crippen molar-refractivity contribution in [1.82, 2.24) is 10.6 Å². The number of ether oxygens (including phenoxy) is 2. The molecule has 0 aliphatic heterocycles. The summed E-state index contributed by atoms with van der Waals surface area (Å²) >= 11 is 0. The molecule has 2 N–H and O–H groups in total. The highest BCUT2D eigenvalue weighted by Crippen LogP contribution is 2.12. The summed E-state index contributed by atoms with van der Waals surface area (Å²) in [5, 5.41) is 5.34. The number of hydrogen-bond donors (Lipinski definition) is 2. The van der Waals surface area contributed by atoms with Crippen LogP contribution in [0.3, 0.4) is 0 Å². The van der Waals surface area contributed by atoms with Gasteiger partial charge in [-0.05, 0) is 36.8 Å². The van der Waals surface area contributed by atoms with Crippen LogP contribution in [0.25, 0.3) is 0 Å². The van der Waals surface area contributed by atoms with Crippen LogP contribution in [0, 0.1) is 12.7 Å². The molecule has 5 nitrogen and oxygen atoms in total. The first kappa shape index (κ1) is 17.6. The zero-order chi connectivity index (χ0) is 17.2. The van der Waals surface area contributed by atoms with Crippen molar-refractivity contribution in [2.75, 3.05) is 26.3 Å². The number of benzene rings is 2. The van der Waals surface area contributed by atoms with Gasteiger partial charge in [-0.15, -0.1) is 0 Å². The summed E-state index contributed by atoms with van der Waals surface area (Å²) in [6, 6.07) is 13.3. The Hall–Kier alpha value is -2.76. The second-order valence-corrected chi connectivity index (χ2v) is 5.15. The second kappa shape index (κ2) is 9.39. The van der Waals surface area contributed by atoms with Crippen molar-refractivity contribution >= 4 is 6.03 Å². The lowest BCUT2D eigenvalue weighted by Gasteiger charge is -2.10. The maximum atomic E-state index is 13.0. The molecular formula is C18H21FN2O3. The molecule has 0 saturated heterocycles. The highest BCUT2D eigenvalue weighted by atomic mass is 19.1. The van der Waals surface area contributed by atoms with Crippen LogP contribution in [0.2, 0.25) is 0 Å². The number of carbonyl (C=O) groups excluding carboxylic acids is 1. The van der Waals surface area contributed by atoms with Crippen LogP contribution in [-0.4, -0.2) is 32.3 Å². The van der Waals surface area contributed by atoms with Crippen molar-refractivity contribution in [1.29, 1.82) is 0 Å². The number of halogens is 1. The lowest BCUT2D eigenvalue weighted by molar-refractivity contribution is 0.232. The van der Waals surface area contributed by atoms with E-state index in [9.17, 15) is 9.18 Å². The van der Waals surface area contributed by atoms with Gasteiger partial charge in [0, 0.05) is 6.07 Å². The molecule has 24 heavy (non-hydrogen) atoms. The fraction of sp³-hybridized carbons (Fsp3) is 0.278. The number of nitrogens with one attached hydrogen (secondary N) is 2. The van der Waals surface area contributed by atoms with Gasteiger partial charge in [-0.2, -0.15) is 0 Å². The predicted molar refractivity (Wildman–Crippen MR) is 90.0 cm³/mol. The molecule has 2 rings (SSSR count). The van der Waals surface area contributed by atoms with Gasteiger partial charge in [-0.3, -0.25) is 0 Å². The molecule has 0 spiro atoms. The summed E-state index contributed by atoms with van der Waals surface area (Å²) in [7, 11) is 0. The van der Waals surface area contributed by atoms with E-state index < -0.39 is 0 Å². The van der Waals surface area contributed by atoms with Crippen molar-refractivity contribution in [3.63, 3.8) is 0 Å². The van der Waals surface area contributed by atoms with Gasteiger partial charge in [0.15, 0.2) is 0 Å². The van der Waals surface area contributed by atoms with E-state index in [2.05, 4.69) is 10.6 Å². The van der Waals surface area contributed by atoms with E-state index in [4.69, 9.17) is 9.47 Å². The van der Waals surface area contributed by atoms with E-state index in [1.807, 2.05) is 31.2 Å². The van der Waals surface area contributed by atoms with Crippen LogP contribution in [0.15, 0.2) is 48.5 Å². The number of hydrogen-bond acceptors (Lipinski definition) is 3. The van der Waals surface area contributed by atoms with Crippen LogP contribution in [-0.2, 0) is 0 Å². The zero-order valence-electron chi connectivity index (χ0n) is 13.5. The molecule has 128 valence electrons. The van der Waals surface area contributed by atoms with Gasteiger partial charge in [0.2, 0.25) is 0 Å². The number of amides is 2. The zero-order valence-corrected chi connectivity index (χ0v) is 13.5. The quantitative estimate of drug-likeness (QED) is 0.731. The molecule has 2 aromatic carbocycles. The molecule has 0 heterocycles. The Kier molecular flexibility index (Phi) is 6.89. The third kappa shape index (κ3) is 6.56. The number of urea groups is 1. The van der Waals surface area contributed by atoms with E-state index in [0.29, 0.717) is 25.4 Å². The van der Waals surface area contributed by atoms with E-state index in [1.54, 1.807) is 12.1 Å². The van der Waals surface area contributed by atoms with Crippen LogP contribution < -0.4 is 20.1 Å². The van der Waals surface area contributed by atoms with E-state index in [1.165, 1.54) is 12.1 Å². The van der Waals surface area contributed by atoms with Crippen molar-refractivity contribution in [2.24, 2.45) is 0 Å². The molecule has 2 aromatic rings. The summed E-state index contributed by atoms with van der Waals surface area (Å²) in [4.78, 5) is 11.6. The minimum absolute atomic E-state index is 0.261. The van der Waals surface area contributed by atoms with Crippen molar-refractivity contribution in [3.8, 4) is 11.5 Å². The number of rotatable bonds is 8. The van der Waals surface area contributed by atoms with Crippen LogP contribution in [0.5, 0.6) is 11.5 Å². The van der Waals surface area contributed by atoms with E-state index in [-0.39, 0.29) is 18.5 Å². The Balaban J connectivity index is 1.53. The minimum atomic E-state index is -0.355. The first-order chi connectivity index (χ1) is 11.6. The number of carbonyl (C=O) groups is 1. The summed E-state index contributed by atoms with van der Waals surface area (Å²) in [6.07, 6.45) is 0. The fourth-order valence-electron chi connectivity index (χ4n) is 1.99. The summed E-state index contributed by atoms with van der Waals surface area (Å²) < 4.78 is 23.8. The molecule has 0 saturated carbocycles. The van der Waals surface area contributed by atoms with E-state index in [0.717, 1.165) is 11.3 Å². The van der Waals surface area contributed by atoms with Crippen LogP contribution >= 0.6 is 0 Å². The lowest BCUT2D eigenvalue weighted by atomic mass is 10.2. The summed E-state index contributed by atoms with van der Waals surface area (Å²) in [5.74, 6) is 0.858. The summed E-state index contributed by atoms with van der Waals surface area (Å²) in [6.45, 7) is 3.35. The highest BCUT2D eigenvalue weighted by molar-refractivity contribution is 5.73. The monoisotopic (exact) mass is 332 g/mol. The normalized spacial score (nSPS) is 10.1. The molecular weight excluding hydrogens is 311 g/mol.